The molecule has 2 aliphatic rings. The van der Waals surface area contributed by atoms with Gasteiger partial charge in [0.2, 0.25) is 11.8 Å². The molecule has 2 heterocycles. The zero-order chi connectivity index (χ0) is 17.8. The zero-order valence-electron chi connectivity index (χ0n) is 14.4. The number of piperazine rings is 1. The van der Waals surface area contributed by atoms with Gasteiger partial charge in [0.15, 0.2) is 0 Å². The van der Waals surface area contributed by atoms with Crippen molar-refractivity contribution in [3.63, 3.8) is 0 Å². The molecule has 1 N–H and O–H groups in total. The van der Waals surface area contributed by atoms with Crippen molar-refractivity contribution in [1.29, 1.82) is 0 Å². The molecule has 0 bridgehead atoms. The van der Waals surface area contributed by atoms with Crippen LogP contribution in [0.2, 0.25) is 0 Å². The molecule has 0 aromatic heterocycles. The van der Waals surface area contributed by atoms with E-state index >= 15 is 0 Å². The van der Waals surface area contributed by atoms with Crippen LogP contribution in [0.5, 0.6) is 5.75 Å². The molecule has 0 saturated carbocycles. The van der Waals surface area contributed by atoms with Crippen molar-refractivity contribution >= 4 is 17.5 Å². The molecule has 0 aliphatic carbocycles. The van der Waals surface area contributed by atoms with Crippen LogP contribution < -0.4 is 0 Å². The van der Waals surface area contributed by atoms with Crippen molar-refractivity contribution in [2.45, 2.75) is 32.3 Å². The third kappa shape index (κ3) is 4.10. The van der Waals surface area contributed by atoms with Gasteiger partial charge in [0, 0.05) is 39.0 Å². The van der Waals surface area contributed by atoms with Crippen LogP contribution in [0.25, 0.3) is 0 Å². The summed E-state index contributed by atoms with van der Waals surface area (Å²) in [6, 6.07) is 6.78. The smallest absolute Gasteiger partial charge is 0.226 e. The summed E-state index contributed by atoms with van der Waals surface area (Å²) in [6.45, 7) is 4.19. The van der Waals surface area contributed by atoms with Crippen LogP contribution in [-0.4, -0.2) is 64.7 Å². The lowest BCUT2D eigenvalue weighted by Gasteiger charge is -2.35. The lowest BCUT2D eigenvalue weighted by molar-refractivity contribution is -0.140. The number of oxime groups is 1. The van der Waals surface area contributed by atoms with Crippen molar-refractivity contribution < 1.29 is 19.5 Å². The number of hydrogen-bond acceptors (Lipinski definition) is 5. The van der Waals surface area contributed by atoms with Gasteiger partial charge in [0.1, 0.15) is 11.9 Å². The van der Waals surface area contributed by atoms with Crippen molar-refractivity contribution in [2.24, 2.45) is 5.16 Å². The van der Waals surface area contributed by atoms with Crippen molar-refractivity contribution in [2.75, 3.05) is 26.2 Å². The maximum absolute atomic E-state index is 12.4. The predicted molar refractivity (Wildman–Crippen MR) is 92.2 cm³/mol. The molecular weight excluding hydrogens is 322 g/mol. The van der Waals surface area contributed by atoms with Gasteiger partial charge < -0.3 is 19.7 Å². The Labute approximate surface area is 146 Å². The van der Waals surface area contributed by atoms with E-state index in [1.54, 1.807) is 29.2 Å². The van der Waals surface area contributed by atoms with Crippen LogP contribution >= 0.6 is 0 Å². The molecule has 1 aromatic carbocycles. The molecule has 1 atom stereocenters. The molecule has 0 radical (unpaired) electrons. The number of carbonyl (C=O) groups is 2. The van der Waals surface area contributed by atoms with Crippen molar-refractivity contribution in [3.8, 4) is 5.75 Å². The molecule has 1 fully saturated rings. The molecule has 25 heavy (non-hydrogen) atoms. The second kappa shape index (κ2) is 7.55. The highest BCUT2D eigenvalue weighted by Gasteiger charge is 2.29. The Balaban J connectivity index is 1.47. The molecule has 3 rings (SSSR count). The number of amides is 2. The van der Waals surface area contributed by atoms with Gasteiger partial charge in [-0.05, 0) is 29.8 Å². The fourth-order valence-corrected chi connectivity index (χ4v) is 3.11. The van der Waals surface area contributed by atoms with Gasteiger partial charge in [-0.3, -0.25) is 9.59 Å². The van der Waals surface area contributed by atoms with E-state index in [1.807, 2.05) is 11.8 Å². The first kappa shape index (κ1) is 17.3. The lowest BCUT2D eigenvalue weighted by Crippen LogP contribution is -2.50. The Morgan fingerprint density at radius 1 is 1.12 bits per heavy atom. The molecule has 0 spiro atoms. The van der Waals surface area contributed by atoms with Gasteiger partial charge in [0.25, 0.3) is 0 Å². The summed E-state index contributed by atoms with van der Waals surface area (Å²) in [4.78, 5) is 33.1. The zero-order valence-corrected chi connectivity index (χ0v) is 14.4. The fourth-order valence-electron chi connectivity index (χ4n) is 3.11. The maximum Gasteiger partial charge on any atom is 0.226 e. The van der Waals surface area contributed by atoms with Crippen LogP contribution in [0.1, 0.15) is 31.7 Å². The standard InChI is InChI=1S/C18H23N3O4/c1-2-17(23)20-7-9-21(10-8-20)18(24)12-15-11-16(19-25-15)13-3-5-14(22)6-4-13/h3-6,15,22H,2,7-12H2,1H3. The largest absolute Gasteiger partial charge is 0.508 e. The Hall–Kier alpha value is -2.57. The van der Waals surface area contributed by atoms with E-state index in [9.17, 15) is 14.7 Å². The highest BCUT2D eigenvalue weighted by molar-refractivity contribution is 6.01. The number of aromatic hydroxyl groups is 1. The summed E-state index contributed by atoms with van der Waals surface area (Å²) in [7, 11) is 0. The highest BCUT2D eigenvalue weighted by atomic mass is 16.6. The molecule has 134 valence electrons. The van der Waals surface area contributed by atoms with Crippen molar-refractivity contribution in [1.82, 2.24) is 9.80 Å². The van der Waals surface area contributed by atoms with Crippen LogP contribution in [0.4, 0.5) is 0 Å². The monoisotopic (exact) mass is 345 g/mol. The SMILES string of the molecule is CCC(=O)N1CCN(C(=O)CC2CC(c3ccc(O)cc3)=NO2)CC1. The molecule has 7 heteroatoms. The van der Waals surface area contributed by atoms with E-state index in [1.165, 1.54) is 0 Å². The second-order valence-corrected chi connectivity index (χ2v) is 6.34. The number of phenolic OH excluding ortho intramolecular Hbond substituents is 1. The van der Waals surface area contributed by atoms with E-state index in [0.29, 0.717) is 39.0 Å². The van der Waals surface area contributed by atoms with Gasteiger partial charge in [-0.25, -0.2) is 0 Å². The Morgan fingerprint density at radius 3 is 2.32 bits per heavy atom. The number of phenols is 1. The van der Waals surface area contributed by atoms with Gasteiger partial charge in [-0.1, -0.05) is 12.1 Å². The van der Waals surface area contributed by atoms with Crippen LogP contribution in [0, 0.1) is 0 Å². The van der Waals surface area contributed by atoms with Crippen LogP contribution in [0.15, 0.2) is 29.4 Å². The quantitative estimate of drug-likeness (QED) is 0.893. The molecule has 2 aliphatic heterocycles. The molecule has 7 nitrogen and oxygen atoms in total. The molecule has 2 amide bonds. The van der Waals surface area contributed by atoms with Gasteiger partial charge in [-0.15, -0.1) is 0 Å². The Morgan fingerprint density at radius 2 is 1.72 bits per heavy atom. The van der Waals surface area contributed by atoms with E-state index in [0.717, 1.165) is 11.3 Å². The summed E-state index contributed by atoms with van der Waals surface area (Å²) >= 11 is 0. The predicted octanol–water partition coefficient (Wildman–Crippen LogP) is 1.36. The summed E-state index contributed by atoms with van der Waals surface area (Å²) in [5.41, 5.74) is 1.68. The maximum atomic E-state index is 12.4. The number of benzene rings is 1. The summed E-state index contributed by atoms with van der Waals surface area (Å²) in [5.74, 6) is 0.379. The van der Waals surface area contributed by atoms with Gasteiger partial charge in [-0.2, -0.15) is 0 Å². The third-order valence-electron chi connectivity index (χ3n) is 4.62. The van der Waals surface area contributed by atoms with Gasteiger partial charge >= 0.3 is 0 Å². The van der Waals surface area contributed by atoms with Crippen LogP contribution in [-0.2, 0) is 14.4 Å². The number of carbonyl (C=O) groups excluding carboxylic acids is 2. The van der Waals surface area contributed by atoms with E-state index in [2.05, 4.69) is 5.16 Å². The third-order valence-corrected chi connectivity index (χ3v) is 4.62. The van der Waals surface area contributed by atoms with E-state index < -0.39 is 0 Å². The Bertz CT molecular complexity index is 663. The first-order chi connectivity index (χ1) is 12.1. The Kier molecular flexibility index (Phi) is 5.21. The van der Waals surface area contributed by atoms with E-state index in [-0.39, 0.29) is 30.1 Å². The van der Waals surface area contributed by atoms with E-state index in [4.69, 9.17) is 4.84 Å². The minimum absolute atomic E-state index is 0.0377. The summed E-state index contributed by atoms with van der Waals surface area (Å²) in [6.07, 6.45) is 1.10. The summed E-state index contributed by atoms with van der Waals surface area (Å²) in [5, 5.41) is 13.4. The lowest BCUT2D eigenvalue weighted by atomic mass is 10.0. The topological polar surface area (TPSA) is 82.4 Å². The molecule has 1 aromatic rings. The fraction of sp³-hybridized carbons (Fsp3) is 0.500. The first-order valence-electron chi connectivity index (χ1n) is 8.64. The number of nitrogens with zero attached hydrogens (tertiary/aromatic N) is 3. The molecule has 1 saturated heterocycles. The second-order valence-electron chi connectivity index (χ2n) is 6.34. The normalized spacial score (nSPS) is 20.2. The van der Waals surface area contributed by atoms with Crippen molar-refractivity contribution in [3.05, 3.63) is 29.8 Å². The van der Waals surface area contributed by atoms with Crippen LogP contribution in [0.3, 0.4) is 0 Å². The minimum Gasteiger partial charge on any atom is -0.508 e. The number of hydrogen-bond donors (Lipinski definition) is 1. The molecule has 1 unspecified atom stereocenters. The van der Waals surface area contributed by atoms with Gasteiger partial charge in [0.05, 0.1) is 12.1 Å². The highest BCUT2D eigenvalue weighted by Crippen LogP contribution is 2.21. The minimum atomic E-state index is -0.258. The molecular formula is C18H23N3O4. The average Bonchev–Trinajstić information content (AvgIpc) is 3.10. The first-order valence-corrected chi connectivity index (χ1v) is 8.64. The summed E-state index contributed by atoms with van der Waals surface area (Å²) < 4.78 is 0. The number of rotatable bonds is 4. The average molecular weight is 345 g/mol.